The van der Waals surface area contributed by atoms with Gasteiger partial charge in [-0.25, -0.2) is 0 Å². The number of benzene rings is 2. The molecule has 0 aliphatic carbocycles. The SMILES string of the molecule is COc1ccc(CCOc2nc(NN=Cc3cccc(C)c3)cc(N(C)C)n2)cc1OC. The molecular formula is C24H29N5O3. The molecule has 0 saturated heterocycles. The van der Waals surface area contributed by atoms with Gasteiger partial charge in [0.05, 0.1) is 27.0 Å². The minimum Gasteiger partial charge on any atom is -0.493 e. The first-order chi connectivity index (χ1) is 15.5. The van der Waals surface area contributed by atoms with E-state index in [0.717, 1.165) is 16.9 Å². The lowest BCUT2D eigenvalue weighted by atomic mass is 10.1. The number of rotatable bonds is 10. The number of methoxy groups -OCH3 is 2. The van der Waals surface area contributed by atoms with Crippen LogP contribution in [0.3, 0.4) is 0 Å². The molecule has 0 radical (unpaired) electrons. The van der Waals surface area contributed by atoms with Crippen molar-refractivity contribution in [3.05, 3.63) is 65.2 Å². The lowest BCUT2D eigenvalue weighted by Gasteiger charge is -2.14. The van der Waals surface area contributed by atoms with Crippen LogP contribution in [0, 0.1) is 6.92 Å². The van der Waals surface area contributed by atoms with E-state index in [1.165, 1.54) is 5.56 Å². The van der Waals surface area contributed by atoms with Gasteiger partial charge in [-0.15, -0.1) is 0 Å². The number of anilines is 2. The predicted octanol–water partition coefficient (Wildman–Crippen LogP) is 3.94. The Kier molecular flexibility index (Phi) is 7.85. The van der Waals surface area contributed by atoms with E-state index in [1.54, 1.807) is 20.4 Å². The van der Waals surface area contributed by atoms with E-state index in [2.05, 4.69) is 26.6 Å². The Morgan fingerprint density at radius 3 is 2.53 bits per heavy atom. The van der Waals surface area contributed by atoms with Gasteiger partial charge in [0.15, 0.2) is 17.3 Å². The smallest absolute Gasteiger partial charge is 0.320 e. The van der Waals surface area contributed by atoms with Gasteiger partial charge in [-0.05, 0) is 30.2 Å². The Balaban J connectivity index is 1.66. The van der Waals surface area contributed by atoms with Crippen LogP contribution in [0.15, 0.2) is 53.6 Å². The van der Waals surface area contributed by atoms with Crippen molar-refractivity contribution in [3.63, 3.8) is 0 Å². The van der Waals surface area contributed by atoms with Crippen LogP contribution in [0.1, 0.15) is 16.7 Å². The summed E-state index contributed by atoms with van der Waals surface area (Å²) in [6.07, 6.45) is 2.42. The molecule has 0 saturated carbocycles. The number of ether oxygens (including phenoxy) is 3. The molecule has 1 heterocycles. The number of hydrazone groups is 1. The van der Waals surface area contributed by atoms with E-state index in [9.17, 15) is 0 Å². The Morgan fingerprint density at radius 2 is 1.81 bits per heavy atom. The number of hydrogen-bond acceptors (Lipinski definition) is 8. The molecule has 32 heavy (non-hydrogen) atoms. The minimum atomic E-state index is 0.282. The highest BCUT2D eigenvalue weighted by atomic mass is 16.5. The molecule has 0 aliphatic rings. The molecule has 0 unspecified atom stereocenters. The molecule has 0 bridgehead atoms. The van der Waals surface area contributed by atoms with Crippen molar-refractivity contribution in [2.75, 3.05) is 45.2 Å². The maximum absolute atomic E-state index is 5.84. The summed E-state index contributed by atoms with van der Waals surface area (Å²) in [6, 6.07) is 16.0. The summed E-state index contributed by atoms with van der Waals surface area (Å²) in [4.78, 5) is 10.8. The molecule has 0 spiro atoms. The molecule has 1 aromatic heterocycles. The first-order valence-corrected chi connectivity index (χ1v) is 10.2. The van der Waals surface area contributed by atoms with Crippen molar-refractivity contribution in [3.8, 4) is 17.5 Å². The number of hydrogen-bond donors (Lipinski definition) is 1. The zero-order chi connectivity index (χ0) is 22.9. The van der Waals surface area contributed by atoms with Crippen LogP contribution in [0.4, 0.5) is 11.6 Å². The summed E-state index contributed by atoms with van der Waals surface area (Å²) in [5.74, 6) is 2.65. The Bertz CT molecular complexity index is 1070. The Hall–Kier alpha value is -3.81. The Morgan fingerprint density at radius 1 is 1.00 bits per heavy atom. The quantitative estimate of drug-likeness (QED) is 0.382. The average molecular weight is 436 g/mol. The van der Waals surface area contributed by atoms with Crippen LogP contribution >= 0.6 is 0 Å². The van der Waals surface area contributed by atoms with Gasteiger partial charge in [0.1, 0.15) is 5.82 Å². The van der Waals surface area contributed by atoms with E-state index >= 15 is 0 Å². The normalized spacial score (nSPS) is 10.8. The summed E-state index contributed by atoms with van der Waals surface area (Å²) in [7, 11) is 7.06. The molecule has 3 rings (SSSR count). The summed E-state index contributed by atoms with van der Waals surface area (Å²) in [5.41, 5.74) is 6.21. The second kappa shape index (κ2) is 11.0. The monoisotopic (exact) mass is 435 g/mol. The van der Waals surface area contributed by atoms with Gasteiger partial charge in [0, 0.05) is 26.6 Å². The predicted molar refractivity (Wildman–Crippen MR) is 127 cm³/mol. The second-order valence-corrected chi connectivity index (χ2v) is 7.36. The highest BCUT2D eigenvalue weighted by molar-refractivity contribution is 5.80. The van der Waals surface area contributed by atoms with Crippen molar-refractivity contribution in [2.45, 2.75) is 13.3 Å². The van der Waals surface area contributed by atoms with Crippen LogP contribution in [0.2, 0.25) is 0 Å². The van der Waals surface area contributed by atoms with Gasteiger partial charge < -0.3 is 19.1 Å². The highest BCUT2D eigenvalue weighted by Gasteiger charge is 2.09. The number of nitrogens with zero attached hydrogens (tertiary/aromatic N) is 4. The van der Waals surface area contributed by atoms with Gasteiger partial charge in [-0.3, -0.25) is 5.43 Å². The number of aryl methyl sites for hydroxylation is 1. The topological polar surface area (TPSA) is 81.1 Å². The maximum Gasteiger partial charge on any atom is 0.320 e. The van der Waals surface area contributed by atoms with Gasteiger partial charge in [0.2, 0.25) is 0 Å². The molecule has 8 nitrogen and oxygen atoms in total. The van der Waals surface area contributed by atoms with Crippen molar-refractivity contribution in [1.82, 2.24) is 9.97 Å². The van der Waals surface area contributed by atoms with E-state index in [1.807, 2.05) is 68.4 Å². The van der Waals surface area contributed by atoms with Crippen molar-refractivity contribution < 1.29 is 14.2 Å². The van der Waals surface area contributed by atoms with E-state index in [0.29, 0.717) is 30.3 Å². The average Bonchev–Trinajstić information content (AvgIpc) is 2.79. The van der Waals surface area contributed by atoms with Crippen LogP contribution < -0.4 is 24.5 Å². The van der Waals surface area contributed by atoms with Crippen molar-refractivity contribution >= 4 is 17.9 Å². The van der Waals surface area contributed by atoms with Crippen LogP contribution in [-0.2, 0) is 6.42 Å². The maximum atomic E-state index is 5.84. The highest BCUT2D eigenvalue weighted by Crippen LogP contribution is 2.27. The molecule has 168 valence electrons. The molecule has 1 N–H and O–H groups in total. The zero-order valence-corrected chi connectivity index (χ0v) is 19.1. The van der Waals surface area contributed by atoms with Gasteiger partial charge >= 0.3 is 6.01 Å². The van der Waals surface area contributed by atoms with Crippen LogP contribution in [0.5, 0.6) is 17.5 Å². The van der Waals surface area contributed by atoms with Crippen molar-refractivity contribution in [1.29, 1.82) is 0 Å². The fourth-order valence-electron chi connectivity index (χ4n) is 2.98. The van der Waals surface area contributed by atoms with Crippen molar-refractivity contribution in [2.24, 2.45) is 5.10 Å². The van der Waals surface area contributed by atoms with Gasteiger partial charge in [-0.1, -0.05) is 35.9 Å². The van der Waals surface area contributed by atoms with Gasteiger partial charge in [0.25, 0.3) is 0 Å². The lowest BCUT2D eigenvalue weighted by Crippen LogP contribution is -2.13. The van der Waals surface area contributed by atoms with E-state index in [4.69, 9.17) is 14.2 Å². The minimum absolute atomic E-state index is 0.282. The lowest BCUT2D eigenvalue weighted by molar-refractivity contribution is 0.296. The first kappa shape index (κ1) is 22.9. The van der Waals surface area contributed by atoms with Crippen LogP contribution in [-0.4, -0.2) is 51.1 Å². The standard InChI is InChI=1S/C24H29N5O3/c1-17-7-6-8-19(13-17)16-25-28-22-15-23(29(2)3)27-24(26-22)32-12-11-18-9-10-20(30-4)21(14-18)31-5/h6-10,13-16H,11-12H2,1-5H3,(H,26,27,28). The molecular weight excluding hydrogens is 406 g/mol. The second-order valence-electron chi connectivity index (χ2n) is 7.36. The third-order valence-corrected chi connectivity index (χ3v) is 4.66. The molecule has 0 aliphatic heterocycles. The largest absolute Gasteiger partial charge is 0.493 e. The summed E-state index contributed by atoms with van der Waals surface area (Å²) >= 11 is 0. The van der Waals surface area contributed by atoms with Crippen LogP contribution in [0.25, 0.3) is 0 Å². The summed E-state index contributed by atoms with van der Waals surface area (Å²) in [5, 5.41) is 4.29. The molecule has 8 heteroatoms. The molecule has 0 amide bonds. The molecule has 3 aromatic rings. The van der Waals surface area contributed by atoms with Gasteiger partial charge in [-0.2, -0.15) is 15.1 Å². The third-order valence-electron chi connectivity index (χ3n) is 4.66. The van der Waals surface area contributed by atoms with E-state index in [-0.39, 0.29) is 6.01 Å². The summed E-state index contributed by atoms with van der Waals surface area (Å²) < 4.78 is 16.5. The molecule has 0 atom stereocenters. The Labute approximate surface area is 188 Å². The number of nitrogens with one attached hydrogen (secondary N) is 1. The summed E-state index contributed by atoms with van der Waals surface area (Å²) in [6.45, 7) is 2.46. The fraction of sp³-hybridized carbons (Fsp3) is 0.292. The first-order valence-electron chi connectivity index (χ1n) is 10.2. The molecule has 2 aromatic carbocycles. The molecule has 0 fully saturated rings. The zero-order valence-electron chi connectivity index (χ0n) is 19.1. The van der Waals surface area contributed by atoms with E-state index < -0.39 is 0 Å². The fourth-order valence-corrected chi connectivity index (χ4v) is 2.98. The number of aromatic nitrogens is 2. The third kappa shape index (κ3) is 6.34.